The van der Waals surface area contributed by atoms with Crippen molar-refractivity contribution in [1.82, 2.24) is 71.4 Å². The number of hydrogen-bond donors (Lipinski definition) is 7. The minimum Gasteiger partial charge on any atom is -0.442 e. The second-order valence-corrected chi connectivity index (χ2v) is 25.4. The fraction of sp³-hybridized carbons (Fsp3) is 0.291. The van der Waals surface area contributed by atoms with Gasteiger partial charge >= 0.3 is 0 Å². The highest BCUT2D eigenvalue weighted by molar-refractivity contribution is 7.15. The van der Waals surface area contributed by atoms with Crippen LogP contribution in [0.25, 0.3) is 54.9 Å². The Bertz CT molecular complexity index is 4040. The molecule has 1 aromatic carbocycles. The molecule has 8 N–H and O–H groups in total. The molecule has 9 aromatic rings. The van der Waals surface area contributed by atoms with Crippen LogP contribution in [0.5, 0.6) is 0 Å². The summed E-state index contributed by atoms with van der Waals surface area (Å²) in [5, 5.41) is 36.5. The summed E-state index contributed by atoms with van der Waals surface area (Å²) in [6.07, 6.45) is 0.784. The van der Waals surface area contributed by atoms with E-state index >= 15 is 0 Å². The quantitative estimate of drug-likeness (QED) is 0.0704. The number of benzene rings is 1. The molecule has 2 aliphatic rings. The third-order valence-electron chi connectivity index (χ3n) is 13.8. The summed E-state index contributed by atoms with van der Waals surface area (Å²) < 4.78 is 11.2. The van der Waals surface area contributed by atoms with Gasteiger partial charge in [0.1, 0.15) is 94.4 Å². The predicted molar refractivity (Wildman–Crippen MR) is 321 cm³/mol. The summed E-state index contributed by atoms with van der Waals surface area (Å²) in [6.45, 7) is 3.58. The minimum atomic E-state index is -1.29. The molecule has 0 aliphatic carbocycles. The van der Waals surface area contributed by atoms with Crippen LogP contribution in [-0.4, -0.2) is 125 Å². The fourth-order valence-electron chi connectivity index (χ4n) is 9.41. The van der Waals surface area contributed by atoms with Gasteiger partial charge < -0.3 is 51.5 Å². The minimum absolute atomic E-state index is 0.00171. The molecule has 0 spiro atoms. The number of rotatable bonds is 11. The van der Waals surface area contributed by atoms with Crippen molar-refractivity contribution < 1.29 is 47.8 Å². The lowest BCUT2D eigenvalue weighted by atomic mass is 10.0. The number of likely N-dealkylation sites (tertiary alicyclic amines) is 1. The van der Waals surface area contributed by atoms with Gasteiger partial charge in [-0.1, -0.05) is 44.2 Å². The van der Waals surface area contributed by atoms with Crippen LogP contribution in [0.3, 0.4) is 0 Å². The molecule has 0 radical (unpaired) electrons. The average molecular weight is 1270 g/mol. The van der Waals surface area contributed by atoms with Crippen LogP contribution in [0.1, 0.15) is 125 Å². The Morgan fingerprint density at radius 1 is 0.733 bits per heavy atom. The fourth-order valence-corrected chi connectivity index (χ4v) is 14.8. The summed E-state index contributed by atoms with van der Waals surface area (Å²) in [5.74, 6) is -4.20. The number of carbonyl (C=O) groups excluding carboxylic acids is 7. The number of hydrogen-bond acceptors (Lipinski definition) is 24. The van der Waals surface area contributed by atoms with Crippen molar-refractivity contribution in [1.29, 1.82) is 0 Å². The molecule has 10 heterocycles. The van der Waals surface area contributed by atoms with E-state index in [-0.39, 0.29) is 52.6 Å². The molecule has 2 aliphatic heterocycles. The van der Waals surface area contributed by atoms with Crippen LogP contribution in [0, 0.1) is 5.92 Å². The number of pyridine rings is 1. The third-order valence-corrected chi connectivity index (χ3v) is 19.4. The smallest absolute Gasteiger partial charge is 0.276 e. The van der Waals surface area contributed by atoms with Crippen LogP contribution in [0.15, 0.2) is 80.0 Å². The lowest BCUT2D eigenvalue weighted by molar-refractivity contribution is -0.122. The number of methoxy groups -OCH3 is 1. The zero-order valence-corrected chi connectivity index (χ0v) is 50.8. The van der Waals surface area contributed by atoms with Crippen LogP contribution >= 0.6 is 68.0 Å². The molecule has 1 saturated heterocycles. The van der Waals surface area contributed by atoms with Gasteiger partial charge in [-0.05, 0) is 36.5 Å². The maximum Gasteiger partial charge on any atom is 0.276 e. The van der Waals surface area contributed by atoms with Crippen molar-refractivity contribution in [3.05, 3.63) is 124 Å². The first kappa shape index (κ1) is 59.3. The van der Waals surface area contributed by atoms with Crippen molar-refractivity contribution >= 4 is 109 Å². The molecule has 5 atom stereocenters. The Morgan fingerprint density at radius 3 is 2.17 bits per heavy atom. The molecule has 10 bridgehead atoms. The number of oxazole rings is 1. The molecule has 11 rings (SSSR count). The largest absolute Gasteiger partial charge is 0.442 e. The Kier molecular flexibility index (Phi) is 17.7. The standard InChI is InChI=1S/C55H51N15O10S6/c1-24(2)39-54-69-41(36(86-54)18-79-4)47(77)58-16-38(72)67-42(43(73)25-9-6-5-7-10-25)53-66-34(23-85-53)52-62-30(19-82-52)40-26(49-63-31(20-81-49)45(75)60-28(15-37(71)57-3)51-64-32(21-83-51)46(76)68-39)12-13-27(59-40)50-65-33(22-84-50)48-61-29(17-80-48)55(78)70-14-8-11-35(70)44(56)74/h5-7,9-10,12-13,17,19-24,28,35,39,42-43,73H,8,11,14-16,18H2,1-4H3,(H2,56,74)(H,57,71)(H,58,77)(H,60,75)(H,67,72)(H,68,76)/t28-,35-,39-,42-,43-/m0/s1. The van der Waals surface area contributed by atoms with E-state index in [1.807, 2.05) is 13.8 Å². The monoisotopic (exact) mass is 1270 g/mol. The van der Waals surface area contributed by atoms with E-state index in [4.69, 9.17) is 39.8 Å². The third kappa shape index (κ3) is 12.6. The van der Waals surface area contributed by atoms with Gasteiger partial charge in [-0.3, -0.25) is 33.6 Å². The van der Waals surface area contributed by atoms with Crippen LogP contribution < -0.4 is 32.3 Å². The van der Waals surface area contributed by atoms with Gasteiger partial charge in [0, 0.05) is 53.2 Å². The molecule has 8 aromatic heterocycles. The van der Waals surface area contributed by atoms with Crippen molar-refractivity contribution in [3.63, 3.8) is 0 Å². The van der Waals surface area contributed by atoms with Crippen molar-refractivity contribution in [2.45, 2.75) is 70.0 Å². The number of nitrogens with two attached hydrogens (primary N) is 1. The Hall–Kier alpha value is -8.43. The SMILES string of the molecule is CNC(=O)C[C@@H]1NC(=O)c2csc(n2)-c2ccc(-c3nc(-c4nc(C(=O)N5CCC[C@H]5C(N)=O)co4)cs3)nc2-c2csc(n2)-c2csc(n2)[C@H]([C@@H](O)c2ccccc2)NC(=O)CNC(=O)c2nc(sc2COC)[C@H](C(C)C)NC(=O)c2csc1n2. The summed E-state index contributed by atoms with van der Waals surface area (Å²) in [6, 6.07) is 8.71. The van der Waals surface area contributed by atoms with Gasteiger partial charge in [0.2, 0.25) is 23.6 Å². The van der Waals surface area contributed by atoms with E-state index in [1.165, 1.54) is 64.7 Å². The molecular formula is C55H51N15O10S6. The topological polar surface area (TPSA) is 355 Å². The number of carbonyl (C=O) groups is 7. The maximum absolute atomic E-state index is 14.3. The highest BCUT2D eigenvalue weighted by Crippen LogP contribution is 2.40. The highest BCUT2D eigenvalue weighted by Gasteiger charge is 2.36. The number of thiazole rings is 6. The average Bonchev–Trinajstić information content (AvgIpc) is 4.06. The Balaban J connectivity index is 0.967. The first-order valence-electron chi connectivity index (χ1n) is 26.5. The normalized spacial score (nSPS) is 18.0. The van der Waals surface area contributed by atoms with Gasteiger partial charge in [0.15, 0.2) is 5.69 Å². The number of nitrogens with zero attached hydrogens (tertiary/aromatic N) is 9. The maximum atomic E-state index is 14.3. The van der Waals surface area contributed by atoms with E-state index in [9.17, 15) is 38.7 Å². The summed E-state index contributed by atoms with van der Waals surface area (Å²) >= 11 is 7.08. The number of primary amides is 1. The van der Waals surface area contributed by atoms with E-state index in [0.717, 1.165) is 34.0 Å². The number of aromatic nitrogens is 8. The molecule has 1 fully saturated rings. The molecule has 0 unspecified atom stereocenters. The number of aliphatic hydroxyl groups excluding tert-OH is 1. The number of amides is 7. The molecule has 25 nitrogen and oxygen atoms in total. The molecular weight excluding hydrogens is 1220 g/mol. The zero-order chi connectivity index (χ0) is 60.3. The van der Waals surface area contributed by atoms with Crippen LogP contribution in [0.2, 0.25) is 0 Å². The van der Waals surface area contributed by atoms with E-state index < -0.39 is 78.2 Å². The molecule has 31 heteroatoms. The lowest BCUT2D eigenvalue weighted by Gasteiger charge is -2.23. The first-order valence-corrected chi connectivity index (χ1v) is 31.7. The molecule has 7 amide bonds. The van der Waals surface area contributed by atoms with Gasteiger partial charge in [-0.15, -0.1) is 68.0 Å². The van der Waals surface area contributed by atoms with Crippen molar-refractivity contribution in [3.8, 4) is 54.9 Å². The predicted octanol–water partition coefficient (Wildman–Crippen LogP) is 6.75. The van der Waals surface area contributed by atoms with Gasteiger partial charge in [-0.2, -0.15) is 0 Å². The van der Waals surface area contributed by atoms with Crippen LogP contribution in [0.4, 0.5) is 0 Å². The molecule has 442 valence electrons. The van der Waals surface area contributed by atoms with Crippen LogP contribution in [-0.2, 0) is 25.7 Å². The number of fused-ring (bicyclic) bond motifs is 14. The Morgan fingerprint density at radius 2 is 1.41 bits per heavy atom. The second-order valence-electron chi connectivity index (χ2n) is 19.9. The van der Waals surface area contributed by atoms with Gasteiger partial charge in [0.25, 0.3) is 23.6 Å². The van der Waals surface area contributed by atoms with E-state index in [2.05, 4.69) is 41.5 Å². The Labute approximate surface area is 513 Å². The number of nitrogens with one attached hydrogen (secondary N) is 5. The van der Waals surface area contributed by atoms with E-state index in [0.29, 0.717) is 88.9 Å². The number of ether oxygens (including phenoxy) is 1. The zero-order valence-electron chi connectivity index (χ0n) is 45.9. The second kappa shape index (κ2) is 25.6. The van der Waals surface area contributed by atoms with Gasteiger partial charge in [-0.25, -0.2) is 39.9 Å². The first-order chi connectivity index (χ1) is 41.5. The lowest BCUT2D eigenvalue weighted by Crippen LogP contribution is -2.43. The number of aliphatic hydroxyl groups is 1. The van der Waals surface area contributed by atoms with E-state index in [1.54, 1.807) is 64.0 Å². The summed E-state index contributed by atoms with van der Waals surface area (Å²) in [7, 11) is 2.93. The van der Waals surface area contributed by atoms with Gasteiger partial charge in [0.05, 0.1) is 42.2 Å². The summed E-state index contributed by atoms with van der Waals surface area (Å²) in [4.78, 5) is 135. The van der Waals surface area contributed by atoms with Crippen molar-refractivity contribution in [2.75, 3.05) is 27.2 Å². The molecule has 0 saturated carbocycles. The van der Waals surface area contributed by atoms with Crippen molar-refractivity contribution in [2.24, 2.45) is 11.7 Å². The molecule has 86 heavy (non-hydrogen) atoms. The summed E-state index contributed by atoms with van der Waals surface area (Å²) in [5.41, 5.74) is 8.46. The highest BCUT2D eigenvalue weighted by atomic mass is 32.1.